The Labute approximate surface area is 139 Å². The summed E-state index contributed by atoms with van der Waals surface area (Å²) in [5.74, 6) is 0. The SMILES string of the molecule is COC(=O)NC(C)C.COC(=O)NC(C)C.Cc1ccccc1. The molecule has 0 unspecified atom stereocenters. The van der Waals surface area contributed by atoms with Crippen LogP contribution in [0.1, 0.15) is 33.3 Å². The third-order valence-corrected chi connectivity index (χ3v) is 2.12. The molecule has 0 saturated heterocycles. The molecular formula is C17H30N2O4. The van der Waals surface area contributed by atoms with Crippen LogP contribution < -0.4 is 10.6 Å². The van der Waals surface area contributed by atoms with Gasteiger partial charge < -0.3 is 20.1 Å². The summed E-state index contributed by atoms with van der Waals surface area (Å²) < 4.78 is 8.62. The molecule has 23 heavy (non-hydrogen) atoms. The Morgan fingerprint density at radius 2 is 1.17 bits per heavy atom. The lowest BCUT2D eigenvalue weighted by molar-refractivity contribution is 0.167. The highest BCUT2D eigenvalue weighted by atomic mass is 16.5. The summed E-state index contributed by atoms with van der Waals surface area (Å²) in [6.45, 7) is 9.57. The van der Waals surface area contributed by atoms with Gasteiger partial charge in [-0.2, -0.15) is 0 Å². The number of rotatable bonds is 2. The summed E-state index contributed by atoms with van der Waals surface area (Å²) in [5, 5.41) is 5.06. The second-order valence-electron chi connectivity index (χ2n) is 5.24. The van der Waals surface area contributed by atoms with Crippen molar-refractivity contribution in [1.82, 2.24) is 10.6 Å². The molecule has 1 aromatic rings. The predicted octanol–water partition coefficient (Wildman–Crippen LogP) is 3.50. The van der Waals surface area contributed by atoms with Gasteiger partial charge in [0.05, 0.1) is 14.2 Å². The molecule has 0 atom stereocenters. The zero-order valence-corrected chi connectivity index (χ0v) is 15.2. The van der Waals surface area contributed by atoms with Gasteiger partial charge in [0.15, 0.2) is 0 Å². The normalized spacial score (nSPS) is 8.91. The number of aryl methyl sites for hydroxylation is 1. The third kappa shape index (κ3) is 19.8. The highest BCUT2D eigenvalue weighted by Gasteiger charge is 1.98. The molecule has 1 rings (SSSR count). The van der Waals surface area contributed by atoms with Gasteiger partial charge in [-0.3, -0.25) is 0 Å². The summed E-state index contributed by atoms with van der Waals surface area (Å²) in [6.07, 6.45) is -0.750. The van der Waals surface area contributed by atoms with E-state index in [0.717, 1.165) is 0 Å². The Morgan fingerprint density at radius 3 is 1.30 bits per heavy atom. The van der Waals surface area contributed by atoms with Crippen molar-refractivity contribution in [3.05, 3.63) is 35.9 Å². The molecular weight excluding hydrogens is 296 g/mol. The molecule has 1 aromatic carbocycles. The number of ether oxygens (including phenoxy) is 2. The van der Waals surface area contributed by atoms with E-state index >= 15 is 0 Å². The van der Waals surface area contributed by atoms with Crippen LogP contribution in [0.4, 0.5) is 9.59 Å². The number of amides is 2. The number of hydrogen-bond donors (Lipinski definition) is 2. The number of carbonyl (C=O) groups is 2. The lowest BCUT2D eigenvalue weighted by atomic mass is 10.2. The number of alkyl carbamates (subject to hydrolysis) is 2. The van der Waals surface area contributed by atoms with Gasteiger partial charge in [0.1, 0.15) is 0 Å². The molecule has 0 radical (unpaired) electrons. The predicted molar refractivity (Wildman–Crippen MR) is 92.5 cm³/mol. The van der Waals surface area contributed by atoms with Crippen LogP contribution in [0, 0.1) is 6.92 Å². The van der Waals surface area contributed by atoms with E-state index in [0.29, 0.717) is 0 Å². The van der Waals surface area contributed by atoms with E-state index in [-0.39, 0.29) is 24.3 Å². The number of nitrogens with one attached hydrogen (secondary N) is 2. The van der Waals surface area contributed by atoms with Gasteiger partial charge in [-0.05, 0) is 34.6 Å². The maximum atomic E-state index is 10.3. The second-order valence-corrected chi connectivity index (χ2v) is 5.24. The van der Waals surface area contributed by atoms with E-state index in [2.05, 4.69) is 39.2 Å². The molecule has 2 N–H and O–H groups in total. The van der Waals surface area contributed by atoms with E-state index in [1.54, 1.807) is 0 Å². The lowest BCUT2D eigenvalue weighted by Gasteiger charge is -2.04. The van der Waals surface area contributed by atoms with Gasteiger partial charge in [-0.1, -0.05) is 35.9 Å². The average molecular weight is 326 g/mol. The van der Waals surface area contributed by atoms with Crippen LogP contribution in [0.5, 0.6) is 0 Å². The maximum Gasteiger partial charge on any atom is 0.407 e. The molecule has 0 aliphatic rings. The standard InChI is InChI=1S/C7H8.2C5H11NO2/c1-7-5-3-2-4-6-7;2*1-4(2)6-5(7)8-3/h2-6H,1H3;2*4H,1-3H3,(H,6,7). The Morgan fingerprint density at radius 1 is 0.826 bits per heavy atom. The van der Waals surface area contributed by atoms with Crippen LogP contribution >= 0.6 is 0 Å². The molecule has 0 bridgehead atoms. The lowest BCUT2D eigenvalue weighted by Crippen LogP contribution is -2.29. The van der Waals surface area contributed by atoms with Gasteiger partial charge in [0.25, 0.3) is 0 Å². The number of benzene rings is 1. The molecule has 0 aliphatic heterocycles. The van der Waals surface area contributed by atoms with Crippen molar-refractivity contribution in [2.24, 2.45) is 0 Å². The van der Waals surface area contributed by atoms with E-state index < -0.39 is 0 Å². The molecule has 6 heteroatoms. The fourth-order valence-electron chi connectivity index (χ4n) is 1.12. The van der Waals surface area contributed by atoms with E-state index in [9.17, 15) is 9.59 Å². The Balaban J connectivity index is 0. The van der Waals surface area contributed by atoms with Crippen molar-refractivity contribution < 1.29 is 19.1 Å². The fourth-order valence-corrected chi connectivity index (χ4v) is 1.12. The van der Waals surface area contributed by atoms with Gasteiger partial charge >= 0.3 is 12.2 Å². The summed E-state index contributed by atoms with van der Waals surface area (Å²) in [6, 6.07) is 10.6. The minimum Gasteiger partial charge on any atom is -0.453 e. The van der Waals surface area contributed by atoms with Gasteiger partial charge in [0, 0.05) is 12.1 Å². The second kappa shape index (κ2) is 14.7. The average Bonchev–Trinajstić information content (AvgIpc) is 2.47. The van der Waals surface area contributed by atoms with Gasteiger partial charge in [-0.15, -0.1) is 0 Å². The molecule has 132 valence electrons. The fraction of sp³-hybridized carbons (Fsp3) is 0.529. The quantitative estimate of drug-likeness (QED) is 0.872. The zero-order chi connectivity index (χ0) is 18.3. The summed E-state index contributed by atoms with van der Waals surface area (Å²) in [4.78, 5) is 20.6. The Bertz CT molecular complexity index is 398. The van der Waals surface area contributed by atoms with Gasteiger partial charge in [0.2, 0.25) is 0 Å². The molecule has 2 amide bonds. The number of hydrogen-bond acceptors (Lipinski definition) is 4. The molecule has 0 saturated carbocycles. The van der Waals surface area contributed by atoms with Crippen molar-refractivity contribution in [2.75, 3.05) is 14.2 Å². The summed E-state index contributed by atoms with van der Waals surface area (Å²) in [7, 11) is 2.69. The minimum absolute atomic E-state index is 0.155. The maximum absolute atomic E-state index is 10.3. The topological polar surface area (TPSA) is 76.7 Å². The van der Waals surface area contributed by atoms with Crippen molar-refractivity contribution in [2.45, 2.75) is 46.7 Å². The van der Waals surface area contributed by atoms with Crippen molar-refractivity contribution in [1.29, 1.82) is 0 Å². The van der Waals surface area contributed by atoms with Crippen LogP contribution in [0.3, 0.4) is 0 Å². The van der Waals surface area contributed by atoms with Crippen LogP contribution in [0.2, 0.25) is 0 Å². The van der Waals surface area contributed by atoms with Crippen LogP contribution in [0.15, 0.2) is 30.3 Å². The van der Waals surface area contributed by atoms with Crippen molar-refractivity contribution in [3.8, 4) is 0 Å². The third-order valence-electron chi connectivity index (χ3n) is 2.12. The molecule has 0 spiro atoms. The van der Waals surface area contributed by atoms with E-state index in [4.69, 9.17) is 0 Å². The molecule has 0 fully saturated rings. The smallest absolute Gasteiger partial charge is 0.407 e. The molecule has 0 aliphatic carbocycles. The molecule has 6 nitrogen and oxygen atoms in total. The first-order chi connectivity index (χ1) is 10.7. The highest BCUT2D eigenvalue weighted by molar-refractivity contribution is 5.67. The zero-order valence-electron chi connectivity index (χ0n) is 15.2. The van der Waals surface area contributed by atoms with Crippen LogP contribution in [0.25, 0.3) is 0 Å². The highest BCUT2D eigenvalue weighted by Crippen LogP contribution is 1.92. The summed E-state index contributed by atoms with van der Waals surface area (Å²) >= 11 is 0. The largest absolute Gasteiger partial charge is 0.453 e. The first-order valence-corrected chi connectivity index (χ1v) is 7.43. The van der Waals surface area contributed by atoms with Crippen molar-refractivity contribution >= 4 is 12.2 Å². The Kier molecular flexibility index (Phi) is 14.7. The van der Waals surface area contributed by atoms with Crippen LogP contribution in [-0.2, 0) is 9.47 Å². The van der Waals surface area contributed by atoms with Crippen LogP contribution in [-0.4, -0.2) is 38.5 Å². The Hall–Kier alpha value is -2.24. The van der Waals surface area contributed by atoms with Gasteiger partial charge in [-0.25, -0.2) is 9.59 Å². The number of methoxy groups -OCH3 is 2. The minimum atomic E-state index is -0.375. The van der Waals surface area contributed by atoms with Crippen molar-refractivity contribution in [3.63, 3.8) is 0 Å². The molecule has 0 aromatic heterocycles. The van der Waals surface area contributed by atoms with E-state index in [1.165, 1.54) is 19.8 Å². The first kappa shape index (κ1) is 23.0. The molecule has 0 heterocycles. The first-order valence-electron chi connectivity index (χ1n) is 7.43. The summed E-state index contributed by atoms with van der Waals surface area (Å²) in [5.41, 5.74) is 1.32. The monoisotopic (exact) mass is 326 g/mol. The van der Waals surface area contributed by atoms with E-state index in [1.807, 2.05) is 45.9 Å². The number of carbonyl (C=O) groups excluding carboxylic acids is 2.